The Kier molecular flexibility index (Phi) is 6.24. The van der Waals surface area contributed by atoms with Gasteiger partial charge in [0.25, 0.3) is 0 Å². The van der Waals surface area contributed by atoms with Crippen molar-refractivity contribution >= 4 is 42.6 Å². The first-order valence-corrected chi connectivity index (χ1v) is 12.7. The minimum absolute atomic E-state index is 0.156. The summed E-state index contributed by atoms with van der Waals surface area (Å²) in [4.78, 5) is 7.16. The largest absolute Gasteiger partial charge is 0.344 e. The van der Waals surface area contributed by atoms with Crippen LogP contribution in [0.25, 0.3) is 0 Å². The van der Waals surface area contributed by atoms with Gasteiger partial charge in [-0.3, -0.25) is 0 Å². The third-order valence-corrected chi connectivity index (χ3v) is 8.57. The van der Waals surface area contributed by atoms with Crippen molar-refractivity contribution in [3.63, 3.8) is 0 Å². The Balaban J connectivity index is 1.44. The van der Waals surface area contributed by atoms with Crippen molar-refractivity contribution in [1.29, 1.82) is 0 Å². The Morgan fingerprint density at radius 3 is 2.47 bits per heavy atom. The maximum Gasteiger partial charge on any atom is 0.243 e. The summed E-state index contributed by atoms with van der Waals surface area (Å²) >= 11 is 4.73. The normalized spacial score (nSPS) is 18.0. The topological polar surface area (TPSA) is 66.4 Å². The van der Waals surface area contributed by atoms with Crippen LogP contribution in [0, 0.1) is 6.92 Å². The Morgan fingerprint density at radius 2 is 1.80 bits per heavy atom. The van der Waals surface area contributed by atoms with Gasteiger partial charge in [-0.1, -0.05) is 45.8 Å². The molecule has 30 heavy (non-hydrogen) atoms. The standard InChI is InChI=1S/C21H23BrN4O2S2/c1-15-3-5-17(6-4-15)13-20-23-21(29-24-20)25-11-12-26(16(2)14-25)30(27,28)19-9-7-18(22)8-10-19/h3-10,16H,11-14H2,1-2H3. The van der Waals surface area contributed by atoms with Gasteiger partial charge in [-0.25, -0.2) is 13.4 Å². The number of hydrogen-bond acceptors (Lipinski definition) is 6. The Labute approximate surface area is 189 Å². The highest BCUT2D eigenvalue weighted by Gasteiger charge is 2.34. The summed E-state index contributed by atoms with van der Waals surface area (Å²) in [6, 6.07) is 15.0. The number of nitrogens with zero attached hydrogens (tertiary/aromatic N) is 4. The molecule has 1 saturated heterocycles. The van der Waals surface area contributed by atoms with Crippen molar-refractivity contribution in [3.05, 3.63) is 70.0 Å². The van der Waals surface area contributed by atoms with E-state index in [1.165, 1.54) is 22.7 Å². The second-order valence-electron chi connectivity index (χ2n) is 7.52. The maximum atomic E-state index is 13.1. The molecule has 6 nitrogen and oxygen atoms in total. The first kappa shape index (κ1) is 21.4. The molecule has 0 bridgehead atoms. The first-order valence-electron chi connectivity index (χ1n) is 9.73. The van der Waals surface area contributed by atoms with E-state index in [-0.39, 0.29) is 6.04 Å². The van der Waals surface area contributed by atoms with Crippen LogP contribution >= 0.6 is 27.5 Å². The van der Waals surface area contributed by atoms with E-state index in [1.54, 1.807) is 28.6 Å². The van der Waals surface area contributed by atoms with Crippen molar-refractivity contribution in [1.82, 2.24) is 13.7 Å². The summed E-state index contributed by atoms with van der Waals surface area (Å²) in [6.45, 7) is 5.62. The quantitative estimate of drug-likeness (QED) is 0.521. The van der Waals surface area contributed by atoms with Crippen molar-refractivity contribution < 1.29 is 8.42 Å². The van der Waals surface area contributed by atoms with Gasteiger partial charge in [0.15, 0.2) is 0 Å². The van der Waals surface area contributed by atoms with Crippen molar-refractivity contribution in [2.75, 3.05) is 24.5 Å². The van der Waals surface area contributed by atoms with Crippen LogP contribution in [0.4, 0.5) is 5.13 Å². The van der Waals surface area contributed by atoms with E-state index in [0.717, 1.165) is 15.4 Å². The lowest BCUT2D eigenvalue weighted by Crippen LogP contribution is -2.54. The monoisotopic (exact) mass is 506 g/mol. The van der Waals surface area contributed by atoms with Crippen LogP contribution in [-0.2, 0) is 16.4 Å². The van der Waals surface area contributed by atoms with Crippen LogP contribution in [0.3, 0.4) is 0 Å². The van der Waals surface area contributed by atoms with E-state index in [4.69, 9.17) is 4.98 Å². The van der Waals surface area contributed by atoms with Gasteiger partial charge < -0.3 is 4.90 Å². The van der Waals surface area contributed by atoms with E-state index >= 15 is 0 Å². The van der Waals surface area contributed by atoms with Crippen LogP contribution in [0.5, 0.6) is 0 Å². The summed E-state index contributed by atoms with van der Waals surface area (Å²) < 4.78 is 33.1. The number of rotatable bonds is 5. The molecule has 1 fully saturated rings. The second kappa shape index (κ2) is 8.74. The molecule has 4 rings (SSSR count). The van der Waals surface area contributed by atoms with Gasteiger partial charge in [0.1, 0.15) is 5.82 Å². The van der Waals surface area contributed by atoms with E-state index in [9.17, 15) is 8.42 Å². The molecule has 1 atom stereocenters. The lowest BCUT2D eigenvalue weighted by molar-refractivity contribution is 0.306. The van der Waals surface area contributed by atoms with Gasteiger partial charge in [0, 0.05) is 48.1 Å². The molecular weight excluding hydrogens is 484 g/mol. The molecular formula is C21H23BrN4O2S2. The summed E-state index contributed by atoms with van der Waals surface area (Å²) in [5, 5.41) is 0.852. The van der Waals surface area contributed by atoms with Gasteiger partial charge in [-0.05, 0) is 43.7 Å². The van der Waals surface area contributed by atoms with Crippen LogP contribution < -0.4 is 4.90 Å². The molecule has 3 aromatic rings. The third-order valence-electron chi connectivity index (χ3n) is 5.20. The molecule has 0 spiro atoms. The molecule has 0 saturated carbocycles. The molecule has 0 aliphatic carbocycles. The van der Waals surface area contributed by atoms with Gasteiger partial charge in [0.2, 0.25) is 15.2 Å². The van der Waals surface area contributed by atoms with E-state index < -0.39 is 10.0 Å². The molecule has 0 radical (unpaired) electrons. The number of sulfonamides is 1. The number of halogens is 1. The van der Waals surface area contributed by atoms with E-state index in [1.807, 2.05) is 6.92 Å². The predicted molar refractivity (Wildman–Crippen MR) is 124 cm³/mol. The van der Waals surface area contributed by atoms with Crippen molar-refractivity contribution in [3.8, 4) is 0 Å². The summed E-state index contributed by atoms with van der Waals surface area (Å²) in [5.41, 5.74) is 2.42. The zero-order valence-electron chi connectivity index (χ0n) is 16.8. The van der Waals surface area contributed by atoms with Crippen LogP contribution in [-0.4, -0.2) is 47.8 Å². The Morgan fingerprint density at radius 1 is 1.10 bits per heavy atom. The Bertz CT molecular complexity index is 1110. The number of aryl methyl sites for hydroxylation is 1. The smallest absolute Gasteiger partial charge is 0.243 e. The molecule has 1 aliphatic heterocycles. The summed E-state index contributed by atoms with van der Waals surface area (Å²) in [7, 11) is -3.52. The fourth-order valence-corrected chi connectivity index (χ4v) is 6.14. The van der Waals surface area contributed by atoms with Gasteiger partial charge in [0.05, 0.1) is 4.90 Å². The minimum atomic E-state index is -3.52. The molecule has 1 aliphatic rings. The van der Waals surface area contributed by atoms with Crippen molar-refractivity contribution in [2.45, 2.75) is 31.2 Å². The average Bonchev–Trinajstić information content (AvgIpc) is 3.18. The highest BCUT2D eigenvalue weighted by molar-refractivity contribution is 9.10. The number of benzene rings is 2. The maximum absolute atomic E-state index is 13.1. The first-order chi connectivity index (χ1) is 14.3. The van der Waals surface area contributed by atoms with E-state index in [0.29, 0.717) is 31.0 Å². The average molecular weight is 507 g/mol. The molecule has 0 amide bonds. The van der Waals surface area contributed by atoms with E-state index in [2.05, 4.69) is 56.4 Å². The van der Waals surface area contributed by atoms with Crippen LogP contribution in [0.2, 0.25) is 0 Å². The zero-order chi connectivity index (χ0) is 21.3. The number of hydrogen-bond donors (Lipinski definition) is 0. The van der Waals surface area contributed by atoms with Crippen LogP contribution in [0.15, 0.2) is 57.9 Å². The molecule has 0 N–H and O–H groups in total. The summed E-state index contributed by atoms with van der Waals surface area (Å²) in [6.07, 6.45) is 0.699. The van der Waals surface area contributed by atoms with Crippen molar-refractivity contribution in [2.24, 2.45) is 0 Å². The third kappa shape index (κ3) is 4.59. The minimum Gasteiger partial charge on any atom is -0.344 e. The number of aromatic nitrogens is 2. The highest BCUT2D eigenvalue weighted by atomic mass is 79.9. The zero-order valence-corrected chi connectivity index (χ0v) is 20.0. The molecule has 2 aromatic carbocycles. The van der Waals surface area contributed by atoms with Gasteiger partial charge >= 0.3 is 0 Å². The number of anilines is 1. The van der Waals surface area contributed by atoms with Gasteiger partial charge in [-0.15, -0.1) is 0 Å². The lowest BCUT2D eigenvalue weighted by atomic mass is 10.1. The highest BCUT2D eigenvalue weighted by Crippen LogP contribution is 2.26. The predicted octanol–water partition coefficient (Wildman–Crippen LogP) is 4.10. The SMILES string of the molecule is Cc1ccc(Cc2nsc(N3CCN(S(=O)(=O)c4ccc(Br)cc4)C(C)C3)n2)cc1. The number of piperazine rings is 1. The fourth-order valence-electron chi connectivity index (χ4n) is 3.55. The second-order valence-corrected chi connectivity index (χ2v) is 11.1. The lowest BCUT2D eigenvalue weighted by Gasteiger charge is -2.38. The van der Waals surface area contributed by atoms with Gasteiger partial charge in [-0.2, -0.15) is 8.68 Å². The molecule has 158 valence electrons. The molecule has 2 heterocycles. The molecule has 1 aromatic heterocycles. The molecule has 1 unspecified atom stereocenters. The fraction of sp³-hybridized carbons (Fsp3) is 0.333. The molecule has 9 heteroatoms. The Hall–Kier alpha value is -1.81. The summed E-state index contributed by atoms with van der Waals surface area (Å²) in [5.74, 6) is 0.802. The van der Waals surface area contributed by atoms with Crippen LogP contribution in [0.1, 0.15) is 23.9 Å².